The topological polar surface area (TPSA) is 79.8 Å². The minimum absolute atomic E-state index is 0.194. The summed E-state index contributed by atoms with van der Waals surface area (Å²) >= 11 is 7.27. The number of amides is 1. The van der Waals surface area contributed by atoms with Gasteiger partial charge in [0.15, 0.2) is 5.16 Å². The van der Waals surface area contributed by atoms with Crippen molar-refractivity contribution < 1.29 is 4.79 Å². The van der Waals surface area contributed by atoms with Crippen LogP contribution in [0.25, 0.3) is 0 Å². The number of nitrogens with one attached hydrogen (secondary N) is 2. The highest BCUT2D eigenvalue weighted by Crippen LogP contribution is 2.24. The van der Waals surface area contributed by atoms with Crippen molar-refractivity contribution in [3.63, 3.8) is 0 Å². The average molecular weight is 355 g/mol. The summed E-state index contributed by atoms with van der Waals surface area (Å²) in [5.41, 5.74) is 0.316. The van der Waals surface area contributed by atoms with Gasteiger partial charge in [-0.15, -0.1) is 5.10 Å². The summed E-state index contributed by atoms with van der Waals surface area (Å²) in [6.45, 7) is 4.41. The Hall–Kier alpha value is -1.73. The molecule has 0 bridgehead atoms. The molecule has 0 fully saturated rings. The molecule has 1 atom stereocenters. The maximum Gasteiger partial charge on any atom is 0.343 e. The Morgan fingerprint density at radius 3 is 2.91 bits per heavy atom. The number of H-pyrrole nitrogens is 1. The molecule has 2 aromatic rings. The Balaban J connectivity index is 2.04. The number of para-hydroxylation sites is 1. The normalized spacial score (nSPS) is 12.1. The van der Waals surface area contributed by atoms with Gasteiger partial charge in [0, 0.05) is 6.54 Å². The number of carbonyl (C=O) groups is 1. The van der Waals surface area contributed by atoms with Crippen molar-refractivity contribution in [2.24, 2.45) is 0 Å². The van der Waals surface area contributed by atoms with Crippen molar-refractivity contribution in [2.75, 3.05) is 5.32 Å². The number of aromatic amines is 1. The molecule has 0 saturated heterocycles. The summed E-state index contributed by atoms with van der Waals surface area (Å²) in [6, 6.07) is 7.05. The van der Waals surface area contributed by atoms with Gasteiger partial charge in [0.05, 0.1) is 16.0 Å². The minimum atomic E-state index is -0.415. The van der Waals surface area contributed by atoms with Crippen LogP contribution in [-0.4, -0.2) is 25.9 Å². The highest BCUT2D eigenvalue weighted by atomic mass is 35.5. The Morgan fingerprint density at radius 2 is 2.22 bits per heavy atom. The van der Waals surface area contributed by atoms with Crippen LogP contribution in [0.4, 0.5) is 5.69 Å². The van der Waals surface area contributed by atoms with Crippen LogP contribution in [0.5, 0.6) is 0 Å². The maximum atomic E-state index is 12.3. The molecule has 1 heterocycles. The summed E-state index contributed by atoms with van der Waals surface area (Å²) in [6.07, 6.45) is 1.86. The summed E-state index contributed by atoms with van der Waals surface area (Å²) in [5.74, 6) is -0.194. The van der Waals surface area contributed by atoms with Gasteiger partial charge in [-0.25, -0.2) is 9.89 Å². The number of rotatable bonds is 7. The number of benzene rings is 1. The molecule has 0 aliphatic heterocycles. The molecule has 2 rings (SSSR count). The zero-order valence-corrected chi connectivity index (χ0v) is 14.6. The maximum absolute atomic E-state index is 12.3. The number of aromatic nitrogens is 3. The predicted molar refractivity (Wildman–Crippen MR) is 93.2 cm³/mol. The molecule has 0 saturated carbocycles. The average Bonchev–Trinajstić information content (AvgIpc) is 2.87. The van der Waals surface area contributed by atoms with E-state index in [-0.39, 0.29) is 11.6 Å². The molecule has 124 valence electrons. The van der Waals surface area contributed by atoms with Crippen LogP contribution in [0.1, 0.15) is 26.7 Å². The van der Waals surface area contributed by atoms with Crippen LogP contribution >= 0.6 is 23.4 Å². The number of unbranched alkanes of at least 4 members (excludes halogenated alkanes) is 1. The van der Waals surface area contributed by atoms with E-state index in [1.165, 1.54) is 11.8 Å². The fraction of sp³-hybridized carbons (Fsp3) is 0.400. The first-order chi connectivity index (χ1) is 11.0. The van der Waals surface area contributed by atoms with Crippen molar-refractivity contribution >= 4 is 35.0 Å². The van der Waals surface area contributed by atoms with Crippen LogP contribution in [-0.2, 0) is 11.3 Å². The lowest BCUT2D eigenvalue weighted by Gasteiger charge is -2.12. The first kappa shape index (κ1) is 17.6. The SMILES string of the molecule is CCCCn1c(SC(C)C(=O)Nc2ccccc2Cl)n[nH]c1=O. The summed E-state index contributed by atoms with van der Waals surface area (Å²) in [5, 5.41) is 9.80. The number of hydrogen-bond acceptors (Lipinski definition) is 4. The van der Waals surface area contributed by atoms with E-state index in [2.05, 4.69) is 22.4 Å². The van der Waals surface area contributed by atoms with E-state index in [0.29, 0.717) is 22.4 Å². The second-order valence-electron chi connectivity index (χ2n) is 5.05. The molecule has 0 aliphatic carbocycles. The molecule has 0 radical (unpaired) electrons. The summed E-state index contributed by atoms with van der Waals surface area (Å²) in [4.78, 5) is 24.0. The van der Waals surface area contributed by atoms with Crippen molar-refractivity contribution in [1.82, 2.24) is 14.8 Å². The van der Waals surface area contributed by atoms with Gasteiger partial charge in [-0.1, -0.05) is 48.8 Å². The molecule has 8 heteroatoms. The molecule has 2 N–H and O–H groups in total. The van der Waals surface area contributed by atoms with Crippen LogP contribution < -0.4 is 11.0 Å². The van der Waals surface area contributed by atoms with Gasteiger partial charge in [0.2, 0.25) is 5.91 Å². The van der Waals surface area contributed by atoms with Crippen molar-refractivity contribution in [3.05, 3.63) is 39.8 Å². The van der Waals surface area contributed by atoms with Crippen LogP contribution in [0, 0.1) is 0 Å². The standard InChI is InChI=1S/C15H19ClN4O2S/c1-3-4-9-20-14(22)18-19-15(20)23-10(2)13(21)17-12-8-6-5-7-11(12)16/h5-8,10H,3-4,9H2,1-2H3,(H,17,21)(H,18,22). The zero-order valence-electron chi connectivity index (χ0n) is 13.0. The van der Waals surface area contributed by atoms with Gasteiger partial charge >= 0.3 is 5.69 Å². The zero-order chi connectivity index (χ0) is 16.8. The van der Waals surface area contributed by atoms with E-state index in [1.807, 2.05) is 0 Å². The minimum Gasteiger partial charge on any atom is -0.324 e. The van der Waals surface area contributed by atoms with E-state index in [1.54, 1.807) is 35.8 Å². The highest BCUT2D eigenvalue weighted by Gasteiger charge is 2.19. The number of carbonyl (C=O) groups excluding carboxylic acids is 1. The lowest BCUT2D eigenvalue weighted by molar-refractivity contribution is -0.115. The molecule has 23 heavy (non-hydrogen) atoms. The second-order valence-corrected chi connectivity index (χ2v) is 6.76. The number of nitrogens with zero attached hydrogens (tertiary/aromatic N) is 2. The predicted octanol–water partition coefficient (Wildman–Crippen LogP) is 3.14. The third-order valence-corrected chi connectivity index (χ3v) is 4.66. The molecule has 0 spiro atoms. The number of halogens is 1. The van der Waals surface area contributed by atoms with Crippen molar-refractivity contribution in [1.29, 1.82) is 0 Å². The van der Waals surface area contributed by atoms with Crippen LogP contribution in [0.15, 0.2) is 34.2 Å². The molecular weight excluding hydrogens is 336 g/mol. The van der Waals surface area contributed by atoms with Crippen molar-refractivity contribution in [3.8, 4) is 0 Å². The monoisotopic (exact) mass is 354 g/mol. The van der Waals surface area contributed by atoms with E-state index in [0.717, 1.165) is 12.8 Å². The van der Waals surface area contributed by atoms with Crippen LogP contribution in [0.2, 0.25) is 5.02 Å². The third-order valence-electron chi connectivity index (χ3n) is 3.24. The Bertz CT molecular complexity index is 728. The van der Waals surface area contributed by atoms with Gasteiger partial charge in [0.1, 0.15) is 0 Å². The molecule has 1 aromatic heterocycles. The van der Waals surface area contributed by atoms with E-state index in [4.69, 9.17) is 11.6 Å². The first-order valence-electron chi connectivity index (χ1n) is 7.40. The fourth-order valence-electron chi connectivity index (χ4n) is 1.92. The highest BCUT2D eigenvalue weighted by molar-refractivity contribution is 8.00. The smallest absolute Gasteiger partial charge is 0.324 e. The molecule has 1 unspecified atom stereocenters. The number of hydrogen-bond donors (Lipinski definition) is 2. The van der Waals surface area contributed by atoms with Gasteiger partial charge in [-0.3, -0.25) is 9.36 Å². The largest absolute Gasteiger partial charge is 0.343 e. The van der Waals surface area contributed by atoms with E-state index >= 15 is 0 Å². The van der Waals surface area contributed by atoms with Crippen molar-refractivity contribution in [2.45, 2.75) is 43.6 Å². The van der Waals surface area contributed by atoms with E-state index < -0.39 is 5.25 Å². The quantitative estimate of drug-likeness (QED) is 0.748. The third kappa shape index (κ3) is 4.62. The second kappa shape index (κ2) is 8.21. The van der Waals surface area contributed by atoms with Gasteiger partial charge in [-0.2, -0.15) is 0 Å². The molecule has 0 aliphatic rings. The molecular formula is C15H19ClN4O2S. The van der Waals surface area contributed by atoms with Gasteiger partial charge < -0.3 is 5.32 Å². The Labute approximate surface area is 143 Å². The molecule has 6 nitrogen and oxygen atoms in total. The molecule has 1 amide bonds. The van der Waals surface area contributed by atoms with Crippen LogP contribution in [0.3, 0.4) is 0 Å². The van der Waals surface area contributed by atoms with Gasteiger partial charge in [-0.05, 0) is 25.5 Å². The number of anilines is 1. The van der Waals surface area contributed by atoms with Gasteiger partial charge in [0.25, 0.3) is 0 Å². The summed E-state index contributed by atoms with van der Waals surface area (Å²) in [7, 11) is 0. The lowest BCUT2D eigenvalue weighted by atomic mass is 10.3. The summed E-state index contributed by atoms with van der Waals surface area (Å²) < 4.78 is 1.56. The Morgan fingerprint density at radius 1 is 1.48 bits per heavy atom. The lowest BCUT2D eigenvalue weighted by Crippen LogP contribution is -2.24. The molecule has 1 aromatic carbocycles. The van der Waals surface area contributed by atoms with E-state index in [9.17, 15) is 9.59 Å². The Kier molecular flexibility index (Phi) is 6.29. The number of thioether (sulfide) groups is 1. The first-order valence-corrected chi connectivity index (χ1v) is 8.66. The fourth-order valence-corrected chi connectivity index (χ4v) is 2.98.